The molecule has 1 aliphatic heterocycles. The molecule has 3 aromatic rings. The van der Waals surface area contributed by atoms with Crippen molar-refractivity contribution in [2.75, 3.05) is 19.6 Å². The third kappa shape index (κ3) is 9.47. The number of benzene rings is 1. The molecule has 4 rings (SSSR count). The number of nitrogens with zero attached hydrogens (tertiary/aromatic N) is 4. The van der Waals surface area contributed by atoms with E-state index in [0.717, 1.165) is 48.9 Å². The summed E-state index contributed by atoms with van der Waals surface area (Å²) >= 11 is 1.71. The molecule has 1 aliphatic rings. The third-order valence-corrected chi connectivity index (χ3v) is 7.26. The number of ether oxygens (including phenoxy) is 1. The second kappa shape index (κ2) is 16.4. The van der Waals surface area contributed by atoms with E-state index in [1.807, 2.05) is 61.7 Å². The molecule has 3 heterocycles. The van der Waals surface area contributed by atoms with Gasteiger partial charge in [-0.1, -0.05) is 57.2 Å². The van der Waals surface area contributed by atoms with Crippen LogP contribution in [-0.4, -0.2) is 40.3 Å². The van der Waals surface area contributed by atoms with Crippen molar-refractivity contribution in [1.29, 1.82) is 0 Å². The molecule has 8 heteroatoms. The molecule has 1 fully saturated rings. The van der Waals surface area contributed by atoms with E-state index >= 15 is 0 Å². The van der Waals surface area contributed by atoms with Gasteiger partial charge in [-0.3, -0.25) is 14.9 Å². The van der Waals surface area contributed by atoms with Gasteiger partial charge in [-0.05, 0) is 69.1 Å². The van der Waals surface area contributed by atoms with Crippen molar-refractivity contribution in [3.63, 3.8) is 0 Å². The number of likely N-dealkylation sites (tertiary alicyclic amines) is 1. The monoisotopic (exact) mass is 558 g/mol. The number of aliphatic imine (C=N–C) groups is 1. The highest BCUT2D eigenvalue weighted by Gasteiger charge is 2.21. The lowest BCUT2D eigenvalue weighted by Crippen LogP contribution is -2.34. The van der Waals surface area contributed by atoms with Crippen molar-refractivity contribution >= 4 is 17.2 Å². The molecule has 40 heavy (non-hydrogen) atoms. The summed E-state index contributed by atoms with van der Waals surface area (Å²) in [5, 5.41) is 0.968. The van der Waals surface area contributed by atoms with Crippen molar-refractivity contribution in [2.24, 2.45) is 22.4 Å². The van der Waals surface area contributed by atoms with E-state index in [1.165, 1.54) is 11.3 Å². The Labute approximate surface area is 243 Å². The van der Waals surface area contributed by atoms with Crippen molar-refractivity contribution in [2.45, 2.75) is 46.6 Å². The molecular formula is C32H42N6OS. The first kappa shape index (κ1) is 30.8. The quantitative estimate of drug-likeness (QED) is 0.126. The maximum Gasteiger partial charge on any atom is 0.142 e. The van der Waals surface area contributed by atoms with Crippen LogP contribution in [0.1, 0.15) is 44.9 Å². The Morgan fingerprint density at radius 3 is 2.45 bits per heavy atom. The van der Waals surface area contributed by atoms with Crippen LogP contribution in [0.5, 0.6) is 5.75 Å². The lowest BCUT2D eigenvalue weighted by molar-refractivity contribution is 0.182. The van der Waals surface area contributed by atoms with Crippen LogP contribution in [-0.2, 0) is 6.54 Å². The fourth-order valence-corrected chi connectivity index (χ4v) is 5.23. The van der Waals surface area contributed by atoms with Crippen molar-refractivity contribution in [3.8, 4) is 16.5 Å². The zero-order valence-electron chi connectivity index (χ0n) is 23.9. The average Bonchev–Trinajstić information content (AvgIpc) is 3.43. The van der Waals surface area contributed by atoms with Gasteiger partial charge in [-0.15, -0.1) is 11.3 Å². The molecule has 1 aromatic carbocycles. The van der Waals surface area contributed by atoms with E-state index in [9.17, 15) is 0 Å². The first-order valence-electron chi connectivity index (χ1n) is 13.9. The minimum Gasteiger partial charge on any atom is -0.461 e. The van der Waals surface area contributed by atoms with E-state index in [2.05, 4.69) is 35.3 Å². The second-order valence-corrected chi connectivity index (χ2v) is 10.8. The Morgan fingerprint density at radius 2 is 1.80 bits per heavy atom. The summed E-state index contributed by atoms with van der Waals surface area (Å²) in [7, 11) is 0. The zero-order valence-corrected chi connectivity index (χ0v) is 24.7. The normalized spacial score (nSPS) is 15.6. The predicted octanol–water partition coefficient (Wildman–Crippen LogP) is 6.57. The summed E-state index contributed by atoms with van der Waals surface area (Å²) in [5.41, 5.74) is 14.7. The summed E-state index contributed by atoms with van der Waals surface area (Å²) in [5.74, 6) is 2.18. The highest BCUT2D eigenvalue weighted by molar-refractivity contribution is 7.14. The number of aromatic nitrogens is 2. The number of allylic oxidation sites excluding steroid dienone is 3. The van der Waals surface area contributed by atoms with Gasteiger partial charge in [0.25, 0.3) is 0 Å². The van der Waals surface area contributed by atoms with E-state index in [4.69, 9.17) is 21.2 Å². The maximum atomic E-state index is 6.44. The van der Waals surface area contributed by atoms with Crippen LogP contribution in [0.2, 0.25) is 0 Å². The first-order valence-corrected chi connectivity index (χ1v) is 14.7. The molecule has 0 spiro atoms. The molecule has 7 nitrogen and oxygen atoms in total. The SMILES string of the molecule is C=C/C=C(N)\C(C(N)=NCC1CCN(Cc2cnc(-c3ccccn3)s2)CC1)=C(/C)Oc1ccccc1.CCC. The molecule has 0 unspecified atom stereocenters. The van der Waals surface area contributed by atoms with Crippen LogP contribution in [0.15, 0.2) is 102 Å². The van der Waals surface area contributed by atoms with Crippen LogP contribution >= 0.6 is 11.3 Å². The van der Waals surface area contributed by atoms with E-state index in [-0.39, 0.29) is 0 Å². The number of thiazole rings is 1. The van der Waals surface area contributed by atoms with Crippen LogP contribution in [0, 0.1) is 5.92 Å². The van der Waals surface area contributed by atoms with Gasteiger partial charge >= 0.3 is 0 Å². The number of amidine groups is 1. The third-order valence-electron chi connectivity index (χ3n) is 6.25. The van der Waals surface area contributed by atoms with E-state index in [0.29, 0.717) is 35.3 Å². The standard InChI is InChI=1S/C29H34N6OS.C3H8/c1-3-9-25(30)27(21(2)36-23-10-5-4-6-11-23)28(31)33-18-22-13-16-35(17-14-22)20-24-19-34-29(37-24)26-12-7-8-15-32-26;1-3-2/h3-12,15,19,22H,1,13-14,16-18,20,30H2,2H3,(H2,31,33);3H2,1-2H3/b25-9+,27-21-;. The largest absolute Gasteiger partial charge is 0.461 e. The molecular weight excluding hydrogens is 516 g/mol. The minimum atomic E-state index is 0.387. The van der Waals surface area contributed by atoms with Gasteiger partial charge in [0, 0.05) is 36.1 Å². The van der Waals surface area contributed by atoms with Crippen LogP contribution in [0.25, 0.3) is 10.7 Å². The highest BCUT2D eigenvalue weighted by atomic mass is 32.1. The minimum absolute atomic E-state index is 0.387. The smallest absolute Gasteiger partial charge is 0.142 e. The Kier molecular flexibility index (Phi) is 12.6. The second-order valence-electron chi connectivity index (χ2n) is 9.70. The van der Waals surface area contributed by atoms with Gasteiger partial charge in [-0.25, -0.2) is 4.98 Å². The van der Waals surface area contributed by atoms with Gasteiger partial charge in [-0.2, -0.15) is 0 Å². The Morgan fingerprint density at radius 1 is 1.10 bits per heavy atom. The van der Waals surface area contributed by atoms with E-state index in [1.54, 1.807) is 29.7 Å². The number of rotatable bonds is 10. The lowest BCUT2D eigenvalue weighted by Gasteiger charge is -2.30. The summed E-state index contributed by atoms with van der Waals surface area (Å²) in [6.07, 6.45) is 10.5. The van der Waals surface area contributed by atoms with Gasteiger partial charge in [0.2, 0.25) is 0 Å². The molecule has 0 bridgehead atoms. The average molecular weight is 559 g/mol. The number of pyridine rings is 1. The van der Waals surface area contributed by atoms with Crippen LogP contribution in [0.3, 0.4) is 0 Å². The topological polar surface area (TPSA) is 103 Å². The number of nitrogens with two attached hydrogens (primary N) is 2. The molecule has 0 aliphatic carbocycles. The molecule has 212 valence electrons. The molecule has 1 saturated heterocycles. The number of hydrogen-bond donors (Lipinski definition) is 2. The maximum absolute atomic E-state index is 6.44. The zero-order chi connectivity index (χ0) is 28.7. The molecule has 0 amide bonds. The summed E-state index contributed by atoms with van der Waals surface area (Å²) in [4.78, 5) is 17.4. The predicted molar refractivity (Wildman–Crippen MR) is 168 cm³/mol. The number of para-hydroxylation sites is 1. The van der Waals surface area contributed by atoms with Gasteiger partial charge in [0.1, 0.15) is 22.4 Å². The first-order chi connectivity index (χ1) is 19.4. The van der Waals surface area contributed by atoms with E-state index < -0.39 is 0 Å². The Bertz CT molecular complexity index is 1280. The molecule has 4 N–H and O–H groups in total. The van der Waals surface area contributed by atoms with Crippen molar-refractivity contribution in [1.82, 2.24) is 14.9 Å². The fraction of sp³-hybridized carbons (Fsp3) is 0.344. The molecule has 0 radical (unpaired) electrons. The van der Waals surface area contributed by atoms with Gasteiger partial charge in [0.05, 0.1) is 11.3 Å². The van der Waals surface area contributed by atoms with Crippen molar-refractivity contribution < 1.29 is 4.74 Å². The van der Waals surface area contributed by atoms with Gasteiger partial charge in [0.15, 0.2) is 0 Å². The summed E-state index contributed by atoms with van der Waals surface area (Å²) in [6.45, 7) is 13.5. The van der Waals surface area contributed by atoms with Crippen LogP contribution in [0.4, 0.5) is 0 Å². The Balaban J connectivity index is 0.00000141. The number of piperidine rings is 1. The summed E-state index contributed by atoms with van der Waals surface area (Å²) in [6, 6.07) is 15.5. The number of hydrogen-bond acceptors (Lipinski definition) is 7. The summed E-state index contributed by atoms with van der Waals surface area (Å²) < 4.78 is 6.01. The van der Waals surface area contributed by atoms with Crippen LogP contribution < -0.4 is 16.2 Å². The molecule has 0 atom stereocenters. The molecule has 2 aromatic heterocycles. The highest BCUT2D eigenvalue weighted by Crippen LogP contribution is 2.26. The Hall–Kier alpha value is -3.75. The van der Waals surface area contributed by atoms with Crippen molar-refractivity contribution in [3.05, 3.63) is 102 Å². The lowest BCUT2D eigenvalue weighted by atomic mass is 9.97. The van der Waals surface area contributed by atoms with Gasteiger partial charge < -0.3 is 16.2 Å². The molecule has 0 saturated carbocycles. The fourth-order valence-electron chi connectivity index (χ4n) is 4.30.